The van der Waals surface area contributed by atoms with Gasteiger partial charge in [0.25, 0.3) is 0 Å². The van der Waals surface area contributed by atoms with Crippen LogP contribution >= 0.6 is 11.8 Å². The largest absolute Gasteiger partial charge is 0.351 e. The first kappa shape index (κ1) is 14.3. The molecule has 3 N–H and O–H groups in total. The minimum absolute atomic E-state index is 0.0112. The first-order valence-electron chi connectivity index (χ1n) is 6.48. The van der Waals surface area contributed by atoms with Gasteiger partial charge in [-0.15, -0.1) is 10.2 Å². The molecule has 0 spiro atoms. The molecule has 0 aromatic carbocycles. The van der Waals surface area contributed by atoms with E-state index in [2.05, 4.69) is 20.1 Å². The van der Waals surface area contributed by atoms with Gasteiger partial charge in [0.2, 0.25) is 5.91 Å². The number of carbonyl (C=O) groups is 1. The van der Waals surface area contributed by atoms with Crippen LogP contribution in [0, 0.1) is 0 Å². The standard InChI is InChI=1S/C12H21N5OS/c1-12(2,3)14-10(18)7-19-11-16-15-9(6-13)17(11)8-4-5-8/h8H,4-7,13H2,1-3H3,(H,14,18). The first-order valence-corrected chi connectivity index (χ1v) is 7.47. The minimum Gasteiger partial charge on any atom is -0.351 e. The zero-order valence-electron chi connectivity index (χ0n) is 11.6. The molecule has 0 unspecified atom stereocenters. The Hall–Kier alpha value is -1.08. The van der Waals surface area contributed by atoms with Crippen molar-refractivity contribution in [2.75, 3.05) is 5.75 Å². The van der Waals surface area contributed by atoms with E-state index in [9.17, 15) is 4.79 Å². The predicted octanol–water partition coefficient (Wildman–Crippen LogP) is 1.08. The number of aromatic nitrogens is 3. The summed E-state index contributed by atoms with van der Waals surface area (Å²) in [4.78, 5) is 11.8. The predicted molar refractivity (Wildman–Crippen MR) is 74.8 cm³/mol. The molecule has 106 valence electrons. The van der Waals surface area contributed by atoms with Crippen LogP contribution in [-0.4, -0.2) is 32.0 Å². The summed E-state index contributed by atoms with van der Waals surface area (Å²) in [7, 11) is 0. The van der Waals surface area contributed by atoms with Gasteiger partial charge in [-0.05, 0) is 33.6 Å². The molecule has 1 amide bonds. The van der Waals surface area contributed by atoms with Crippen LogP contribution in [0.25, 0.3) is 0 Å². The van der Waals surface area contributed by atoms with E-state index < -0.39 is 0 Å². The third-order valence-corrected chi connectivity index (χ3v) is 3.62. The Balaban J connectivity index is 1.96. The zero-order chi connectivity index (χ0) is 14.0. The van der Waals surface area contributed by atoms with Crippen LogP contribution in [0.15, 0.2) is 5.16 Å². The summed E-state index contributed by atoms with van der Waals surface area (Å²) in [5.41, 5.74) is 5.45. The van der Waals surface area contributed by atoms with Gasteiger partial charge < -0.3 is 15.6 Å². The van der Waals surface area contributed by atoms with E-state index in [4.69, 9.17) is 5.73 Å². The molecule has 0 atom stereocenters. The number of hydrogen-bond donors (Lipinski definition) is 2. The zero-order valence-corrected chi connectivity index (χ0v) is 12.5. The van der Waals surface area contributed by atoms with E-state index in [0.29, 0.717) is 18.3 Å². The fraction of sp³-hybridized carbons (Fsp3) is 0.750. The van der Waals surface area contributed by atoms with Crippen molar-refractivity contribution in [1.82, 2.24) is 20.1 Å². The molecule has 0 aliphatic heterocycles. The number of rotatable bonds is 5. The Kier molecular flexibility index (Phi) is 4.15. The molecule has 0 saturated heterocycles. The molecule has 1 aromatic rings. The maximum absolute atomic E-state index is 11.8. The summed E-state index contributed by atoms with van der Waals surface area (Å²) in [6.07, 6.45) is 2.29. The second-order valence-corrected chi connectivity index (χ2v) is 6.73. The van der Waals surface area contributed by atoms with E-state index >= 15 is 0 Å². The highest BCUT2D eigenvalue weighted by Gasteiger charge is 2.29. The fourth-order valence-electron chi connectivity index (χ4n) is 1.83. The Morgan fingerprint density at radius 3 is 2.68 bits per heavy atom. The summed E-state index contributed by atoms with van der Waals surface area (Å²) < 4.78 is 2.08. The third kappa shape index (κ3) is 3.94. The quantitative estimate of drug-likeness (QED) is 0.790. The van der Waals surface area contributed by atoms with Crippen LogP contribution in [0.1, 0.15) is 45.5 Å². The molecule has 1 aliphatic carbocycles. The summed E-state index contributed by atoms with van der Waals surface area (Å²) in [6, 6.07) is 0.474. The summed E-state index contributed by atoms with van der Waals surface area (Å²) in [6.45, 7) is 6.29. The smallest absolute Gasteiger partial charge is 0.230 e. The SMILES string of the molecule is CC(C)(C)NC(=O)CSc1nnc(CN)n1C1CC1. The molecule has 1 aromatic heterocycles. The van der Waals surface area contributed by atoms with Gasteiger partial charge >= 0.3 is 0 Å². The Bertz CT molecular complexity index is 461. The van der Waals surface area contributed by atoms with Gasteiger partial charge in [0.1, 0.15) is 5.82 Å². The molecule has 0 bridgehead atoms. The van der Waals surface area contributed by atoms with Crippen molar-refractivity contribution >= 4 is 17.7 Å². The summed E-state index contributed by atoms with van der Waals surface area (Å²) in [5.74, 6) is 1.17. The maximum Gasteiger partial charge on any atom is 0.230 e. The van der Waals surface area contributed by atoms with Crippen LogP contribution in [-0.2, 0) is 11.3 Å². The monoisotopic (exact) mass is 283 g/mol. The van der Waals surface area contributed by atoms with E-state index in [1.807, 2.05) is 20.8 Å². The van der Waals surface area contributed by atoms with E-state index in [-0.39, 0.29) is 11.4 Å². The number of nitrogens with two attached hydrogens (primary N) is 1. The number of thioether (sulfide) groups is 1. The van der Waals surface area contributed by atoms with Gasteiger partial charge in [-0.2, -0.15) is 0 Å². The van der Waals surface area contributed by atoms with Crippen molar-refractivity contribution in [3.63, 3.8) is 0 Å². The Morgan fingerprint density at radius 2 is 2.16 bits per heavy atom. The van der Waals surface area contributed by atoms with Crippen LogP contribution in [0.5, 0.6) is 0 Å². The molecule has 7 heteroatoms. The molecule has 6 nitrogen and oxygen atoms in total. The molecule has 1 saturated carbocycles. The van der Waals surface area contributed by atoms with Crippen molar-refractivity contribution < 1.29 is 4.79 Å². The lowest BCUT2D eigenvalue weighted by Crippen LogP contribution is -2.41. The fourth-order valence-corrected chi connectivity index (χ4v) is 2.65. The Labute approximate surface area is 117 Å². The normalized spacial score (nSPS) is 15.6. The molecule has 2 rings (SSSR count). The van der Waals surface area contributed by atoms with Crippen molar-refractivity contribution in [3.05, 3.63) is 5.82 Å². The molecular formula is C12H21N5OS. The Morgan fingerprint density at radius 1 is 1.47 bits per heavy atom. The van der Waals surface area contributed by atoms with Gasteiger partial charge in [-0.3, -0.25) is 4.79 Å². The average molecular weight is 283 g/mol. The molecular weight excluding hydrogens is 262 g/mol. The third-order valence-electron chi connectivity index (χ3n) is 2.68. The van der Waals surface area contributed by atoms with Gasteiger partial charge in [-0.1, -0.05) is 11.8 Å². The number of nitrogens with zero attached hydrogens (tertiary/aromatic N) is 3. The van der Waals surface area contributed by atoms with Gasteiger partial charge in [0, 0.05) is 11.6 Å². The lowest BCUT2D eigenvalue weighted by atomic mass is 10.1. The first-order chi connectivity index (χ1) is 8.90. The van der Waals surface area contributed by atoms with Crippen molar-refractivity contribution in [2.24, 2.45) is 5.73 Å². The van der Waals surface area contributed by atoms with E-state index in [0.717, 1.165) is 23.8 Å². The van der Waals surface area contributed by atoms with E-state index in [1.165, 1.54) is 11.8 Å². The maximum atomic E-state index is 11.8. The van der Waals surface area contributed by atoms with Crippen LogP contribution in [0.3, 0.4) is 0 Å². The van der Waals surface area contributed by atoms with Gasteiger partial charge in [-0.25, -0.2) is 0 Å². The summed E-state index contributed by atoms with van der Waals surface area (Å²) in [5, 5.41) is 11.9. The van der Waals surface area contributed by atoms with Crippen molar-refractivity contribution in [3.8, 4) is 0 Å². The van der Waals surface area contributed by atoms with Crippen LogP contribution in [0.2, 0.25) is 0 Å². The highest BCUT2D eigenvalue weighted by molar-refractivity contribution is 7.99. The second-order valence-electron chi connectivity index (χ2n) is 5.79. The molecule has 1 aliphatic rings. The van der Waals surface area contributed by atoms with Crippen molar-refractivity contribution in [1.29, 1.82) is 0 Å². The molecule has 1 fully saturated rings. The second kappa shape index (κ2) is 5.50. The molecule has 1 heterocycles. The van der Waals surface area contributed by atoms with Crippen LogP contribution < -0.4 is 11.1 Å². The minimum atomic E-state index is -0.204. The molecule has 0 radical (unpaired) electrons. The topological polar surface area (TPSA) is 85.8 Å². The van der Waals surface area contributed by atoms with Gasteiger partial charge in [0.05, 0.1) is 12.3 Å². The molecule has 19 heavy (non-hydrogen) atoms. The average Bonchev–Trinajstić information content (AvgIpc) is 3.04. The number of hydrogen-bond acceptors (Lipinski definition) is 5. The highest BCUT2D eigenvalue weighted by Crippen LogP contribution is 2.38. The van der Waals surface area contributed by atoms with Crippen molar-refractivity contribution in [2.45, 2.75) is 56.9 Å². The highest BCUT2D eigenvalue weighted by atomic mass is 32.2. The lowest BCUT2D eigenvalue weighted by molar-refractivity contribution is -0.119. The summed E-state index contributed by atoms with van der Waals surface area (Å²) >= 11 is 1.42. The number of amides is 1. The van der Waals surface area contributed by atoms with Crippen LogP contribution in [0.4, 0.5) is 0 Å². The number of nitrogens with one attached hydrogen (secondary N) is 1. The lowest BCUT2D eigenvalue weighted by Gasteiger charge is -2.20. The van der Waals surface area contributed by atoms with E-state index in [1.54, 1.807) is 0 Å². The number of carbonyl (C=O) groups excluding carboxylic acids is 1. The van der Waals surface area contributed by atoms with Gasteiger partial charge in [0.15, 0.2) is 5.16 Å².